The molecule has 66 heavy (non-hydrogen) atoms. The fourth-order valence-corrected chi connectivity index (χ4v) is 9.38. The molecule has 2 aliphatic carbocycles. The highest BCUT2D eigenvalue weighted by Gasteiger charge is 2.45. The molecule has 3 fully saturated rings. The van der Waals surface area contributed by atoms with Crippen LogP contribution in [0.15, 0.2) is 53.4 Å². The zero-order valence-electron chi connectivity index (χ0n) is 36.8. The second kappa shape index (κ2) is 21.0. The monoisotopic (exact) mass is 914 g/mol. The number of piperidine rings is 1. The van der Waals surface area contributed by atoms with Crippen molar-refractivity contribution < 1.29 is 47.0 Å². The molecule has 4 aliphatic rings. The van der Waals surface area contributed by atoms with E-state index in [1.807, 2.05) is 0 Å². The van der Waals surface area contributed by atoms with Gasteiger partial charge in [-0.2, -0.15) is 5.10 Å². The zero-order chi connectivity index (χ0) is 46.3. The third-order valence-corrected chi connectivity index (χ3v) is 12.9. The van der Waals surface area contributed by atoms with E-state index in [0.717, 1.165) is 75.8 Å². The van der Waals surface area contributed by atoms with E-state index >= 15 is 0 Å². The molecule has 2 aliphatic heterocycles. The van der Waals surface area contributed by atoms with Crippen LogP contribution < -0.4 is 21.3 Å². The lowest BCUT2D eigenvalue weighted by Crippen LogP contribution is -2.54. The van der Waals surface area contributed by atoms with Crippen molar-refractivity contribution in [1.29, 1.82) is 0 Å². The van der Waals surface area contributed by atoms with Crippen molar-refractivity contribution in [2.45, 2.75) is 108 Å². The van der Waals surface area contributed by atoms with Crippen LogP contribution in [-0.2, 0) is 14.3 Å². The van der Waals surface area contributed by atoms with E-state index in [1.54, 1.807) is 41.2 Å². The molecule has 1 aromatic carbocycles. The van der Waals surface area contributed by atoms with Crippen LogP contribution >= 0.6 is 0 Å². The summed E-state index contributed by atoms with van der Waals surface area (Å²) in [5.74, 6) is -1.73. The van der Waals surface area contributed by atoms with Gasteiger partial charge in [-0.25, -0.2) is 18.7 Å². The number of imide groups is 2. The van der Waals surface area contributed by atoms with Crippen molar-refractivity contribution >= 4 is 46.7 Å². The first kappa shape index (κ1) is 46.4. The molecule has 0 bridgehead atoms. The molecular formula is C46H56F2N10O8. The number of rotatable bonds is 19. The van der Waals surface area contributed by atoms with Gasteiger partial charge in [0.05, 0.1) is 35.0 Å². The summed E-state index contributed by atoms with van der Waals surface area (Å²) < 4.78 is 41.4. The molecular weight excluding hydrogens is 859 g/mol. The maximum absolute atomic E-state index is 14.2. The molecule has 20 heteroatoms. The van der Waals surface area contributed by atoms with Gasteiger partial charge in [0, 0.05) is 62.9 Å². The molecule has 1 saturated heterocycles. The Labute approximate surface area is 380 Å². The van der Waals surface area contributed by atoms with Gasteiger partial charge >= 0.3 is 0 Å². The van der Waals surface area contributed by atoms with Gasteiger partial charge in [0.15, 0.2) is 11.4 Å². The van der Waals surface area contributed by atoms with Gasteiger partial charge in [0.2, 0.25) is 17.7 Å². The zero-order valence-corrected chi connectivity index (χ0v) is 36.8. The lowest BCUT2D eigenvalue weighted by Gasteiger charge is -2.31. The number of aliphatic hydroxyl groups is 1. The van der Waals surface area contributed by atoms with Gasteiger partial charge in [-0.15, -0.1) is 0 Å². The topological polar surface area (TPSA) is 226 Å². The number of carbonyl (C=O) groups excluding carboxylic acids is 5. The Hall–Kier alpha value is -6.12. The van der Waals surface area contributed by atoms with Gasteiger partial charge in [-0.1, -0.05) is 18.9 Å². The van der Waals surface area contributed by atoms with Crippen LogP contribution in [0, 0.1) is 5.92 Å². The first-order valence-corrected chi connectivity index (χ1v) is 22.8. The summed E-state index contributed by atoms with van der Waals surface area (Å²) in [4.78, 5) is 75.5. The Balaban J connectivity index is 0.732. The van der Waals surface area contributed by atoms with Gasteiger partial charge in [-0.3, -0.25) is 38.9 Å². The van der Waals surface area contributed by atoms with Gasteiger partial charge in [0.1, 0.15) is 18.1 Å². The molecule has 4 aromatic rings. The van der Waals surface area contributed by atoms with Crippen LogP contribution in [0.4, 0.5) is 26.0 Å². The summed E-state index contributed by atoms with van der Waals surface area (Å²) in [7, 11) is 2.08. The Morgan fingerprint density at radius 1 is 1.02 bits per heavy atom. The summed E-state index contributed by atoms with van der Waals surface area (Å²) in [5, 5.41) is 25.8. The highest BCUT2D eigenvalue weighted by molar-refractivity contribution is 6.25. The average Bonchev–Trinajstić information content (AvgIpc) is 4.03. The van der Waals surface area contributed by atoms with Crippen molar-refractivity contribution in [3.8, 4) is 11.5 Å². The summed E-state index contributed by atoms with van der Waals surface area (Å²) in [6, 6.07) is 7.15. The van der Waals surface area contributed by atoms with E-state index in [1.165, 1.54) is 12.5 Å². The first-order chi connectivity index (χ1) is 31.9. The Morgan fingerprint density at radius 2 is 1.82 bits per heavy atom. The normalized spacial score (nSPS) is 22.2. The molecule has 0 radical (unpaired) electrons. The van der Waals surface area contributed by atoms with Crippen LogP contribution in [-0.4, -0.2) is 122 Å². The molecule has 18 nitrogen and oxygen atoms in total. The number of amides is 5. The van der Waals surface area contributed by atoms with Crippen molar-refractivity contribution in [3.05, 3.63) is 71.5 Å². The highest BCUT2D eigenvalue weighted by atomic mass is 19.3. The summed E-state index contributed by atoms with van der Waals surface area (Å²) in [6.07, 6.45) is 9.38. The molecule has 2 saturated carbocycles. The summed E-state index contributed by atoms with van der Waals surface area (Å²) in [5.41, 5.74) is 0.865. The number of nitrogens with zero attached hydrogens (tertiary/aromatic N) is 6. The van der Waals surface area contributed by atoms with Gasteiger partial charge < -0.3 is 35.1 Å². The third-order valence-electron chi connectivity index (χ3n) is 12.9. The molecule has 352 valence electrons. The summed E-state index contributed by atoms with van der Waals surface area (Å²) >= 11 is 0. The number of hydrogen-bond acceptors (Lipinski definition) is 14. The number of halogens is 2. The van der Waals surface area contributed by atoms with Crippen molar-refractivity contribution in [1.82, 2.24) is 34.9 Å². The quantitative estimate of drug-likeness (QED) is 0.0553. The van der Waals surface area contributed by atoms with Crippen molar-refractivity contribution in [2.75, 3.05) is 55.8 Å². The number of benzene rings is 1. The number of aromatic nitrogens is 4. The van der Waals surface area contributed by atoms with Gasteiger partial charge in [0.25, 0.3) is 24.1 Å². The Morgan fingerprint density at radius 3 is 2.61 bits per heavy atom. The third kappa shape index (κ3) is 10.8. The van der Waals surface area contributed by atoms with Crippen LogP contribution in [0.1, 0.15) is 126 Å². The van der Waals surface area contributed by atoms with Crippen LogP contribution in [0.2, 0.25) is 0 Å². The minimum absolute atomic E-state index is 0.0568. The number of pyridine rings is 1. The maximum atomic E-state index is 14.2. The molecule has 1 unspecified atom stereocenters. The SMILES string of the molecule is CN(CCCOCCCNc1cccc2c1C(=O)N(C1CCC(=O)NC1=O)C2=O)CC1CCC(n2cc(NC(=O)c3coc(-c4ccnc(N[C@H]5CCCC[C@@H]5O)c4)n3)c(C(F)F)n2)CC1. The molecule has 5 amide bonds. The number of aliphatic hydroxyl groups excluding tert-OH is 1. The number of alkyl halides is 2. The fourth-order valence-electron chi connectivity index (χ4n) is 9.38. The number of fused-ring (bicyclic) bond motifs is 1. The largest absolute Gasteiger partial charge is 0.444 e. The number of hydrogen-bond donors (Lipinski definition) is 5. The number of oxazole rings is 1. The summed E-state index contributed by atoms with van der Waals surface area (Å²) in [6.45, 7) is 3.31. The highest BCUT2D eigenvalue weighted by Crippen LogP contribution is 2.36. The average molecular weight is 915 g/mol. The lowest BCUT2D eigenvalue weighted by molar-refractivity contribution is -0.136. The number of anilines is 3. The second-order valence-electron chi connectivity index (χ2n) is 17.6. The van der Waals surface area contributed by atoms with Gasteiger partial charge in [-0.05, 0) is 95.0 Å². The fraction of sp³-hybridized carbons (Fsp3) is 0.522. The van der Waals surface area contributed by atoms with E-state index in [-0.39, 0.29) is 53.3 Å². The van der Waals surface area contributed by atoms with E-state index in [2.05, 4.69) is 48.3 Å². The molecule has 8 rings (SSSR count). The molecule has 3 aromatic heterocycles. The van der Waals surface area contributed by atoms with E-state index < -0.39 is 53.8 Å². The van der Waals surface area contributed by atoms with E-state index in [9.17, 15) is 37.9 Å². The Bertz CT molecular complexity index is 2400. The number of nitrogens with one attached hydrogen (secondary N) is 4. The number of ether oxygens (including phenoxy) is 1. The Kier molecular flexibility index (Phi) is 14.8. The number of carbonyl (C=O) groups is 5. The van der Waals surface area contributed by atoms with E-state index in [0.29, 0.717) is 49.2 Å². The van der Waals surface area contributed by atoms with Crippen molar-refractivity contribution in [3.63, 3.8) is 0 Å². The van der Waals surface area contributed by atoms with Crippen molar-refractivity contribution in [2.24, 2.45) is 5.92 Å². The molecule has 5 N–H and O–H groups in total. The molecule has 0 spiro atoms. The van der Waals surface area contributed by atoms with Crippen LogP contribution in [0.3, 0.4) is 0 Å². The minimum Gasteiger partial charge on any atom is -0.444 e. The second-order valence-corrected chi connectivity index (χ2v) is 17.6. The smallest absolute Gasteiger partial charge is 0.284 e. The first-order valence-electron chi connectivity index (χ1n) is 22.8. The lowest BCUT2D eigenvalue weighted by atomic mass is 9.86. The standard InChI is InChI=1S/C46H56F2N10O8/c1-56(20-6-22-65-21-5-18-49-32-9-4-7-30-39(32)46(64)58(45(30)63)35-15-16-38(60)54-43(35)62)24-27-11-13-29(14-12-27)57-25-33(40(55-57)41(47)48)52-42(61)34-26-66-44(53-34)28-17-19-50-37(23-28)51-31-8-2-3-10-36(31)59/h4,7,9,17,19,23,25-27,29,31,35-36,41,49,59H,2-3,5-6,8,10-16,18,20-22,24H2,1H3,(H,50,51)(H,52,61)(H,54,60,62)/t27?,29?,31-,35?,36-/m0/s1. The minimum atomic E-state index is -2.90. The van der Waals surface area contributed by atoms with E-state index in [4.69, 9.17) is 9.15 Å². The maximum Gasteiger partial charge on any atom is 0.284 e. The molecule has 5 heterocycles. The predicted molar refractivity (Wildman–Crippen MR) is 237 cm³/mol. The van der Waals surface area contributed by atoms with Crippen LogP contribution in [0.5, 0.6) is 0 Å². The molecule has 3 atom stereocenters. The predicted octanol–water partition coefficient (Wildman–Crippen LogP) is 5.81. The van der Waals surface area contributed by atoms with Crippen LogP contribution in [0.25, 0.3) is 11.5 Å².